The normalized spacial score (nSPS) is 11.5. The number of nitrogens with zero attached hydrogens (tertiary/aromatic N) is 1. The molecule has 5 heteroatoms. The number of hydrogen-bond acceptors (Lipinski definition) is 3. The zero-order chi connectivity index (χ0) is 18.7. The number of aromatic nitrogens is 1. The summed E-state index contributed by atoms with van der Waals surface area (Å²) in [7, 11) is 0. The Hall–Kier alpha value is -2.95. The number of carboxylic acid groups (broad SMARTS) is 1. The number of carboxylic acids is 1. The van der Waals surface area contributed by atoms with Gasteiger partial charge in [0.25, 0.3) is 0 Å². The van der Waals surface area contributed by atoms with Gasteiger partial charge < -0.3 is 9.52 Å². The number of hydrogen-bond donors (Lipinski definition) is 1. The van der Waals surface area contributed by atoms with E-state index in [-0.39, 0.29) is 5.82 Å². The van der Waals surface area contributed by atoms with Crippen molar-refractivity contribution in [1.82, 2.24) is 4.98 Å². The standard InChI is InChI=1S/C21H20FNO3/c1-21(2,20(24)25)12-11-19-23-18(13-26-19)16-5-3-14(4-6-16)15-7-9-17(22)10-8-15/h3-10,13H,11-12H2,1-2H3,(H,24,25). The second-order valence-electron chi connectivity index (χ2n) is 6.90. The van der Waals surface area contributed by atoms with Crippen molar-refractivity contribution in [2.75, 3.05) is 0 Å². The third-order valence-electron chi connectivity index (χ3n) is 4.45. The molecule has 3 rings (SSSR count). The molecule has 2 aromatic carbocycles. The van der Waals surface area contributed by atoms with Crippen LogP contribution in [0.1, 0.15) is 26.2 Å². The second kappa shape index (κ2) is 7.12. The number of carbonyl (C=O) groups is 1. The Balaban J connectivity index is 1.71. The van der Waals surface area contributed by atoms with Gasteiger partial charge in [-0.3, -0.25) is 4.79 Å². The van der Waals surface area contributed by atoms with Crippen molar-refractivity contribution in [2.45, 2.75) is 26.7 Å². The van der Waals surface area contributed by atoms with Gasteiger partial charge in [-0.1, -0.05) is 36.4 Å². The maximum Gasteiger partial charge on any atom is 0.309 e. The highest BCUT2D eigenvalue weighted by molar-refractivity contribution is 5.73. The largest absolute Gasteiger partial charge is 0.481 e. The first kappa shape index (κ1) is 17.9. The lowest BCUT2D eigenvalue weighted by atomic mass is 9.88. The third kappa shape index (κ3) is 3.99. The maximum absolute atomic E-state index is 13.0. The van der Waals surface area contributed by atoms with Crippen LogP contribution in [0, 0.1) is 11.2 Å². The van der Waals surface area contributed by atoms with E-state index in [4.69, 9.17) is 9.52 Å². The summed E-state index contributed by atoms with van der Waals surface area (Å²) >= 11 is 0. The van der Waals surface area contributed by atoms with Gasteiger partial charge in [-0.05, 0) is 43.5 Å². The van der Waals surface area contributed by atoms with Gasteiger partial charge in [0.15, 0.2) is 5.89 Å². The van der Waals surface area contributed by atoms with E-state index in [0.29, 0.717) is 24.4 Å². The quantitative estimate of drug-likeness (QED) is 0.662. The van der Waals surface area contributed by atoms with Gasteiger partial charge in [0.2, 0.25) is 0 Å². The van der Waals surface area contributed by atoms with Crippen LogP contribution in [0.5, 0.6) is 0 Å². The van der Waals surface area contributed by atoms with E-state index in [9.17, 15) is 9.18 Å². The minimum atomic E-state index is -0.833. The first-order chi connectivity index (χ1) is 12.3. The third-order valence-corrected chi connectivity index (χ3v) is 4.45. The van der Waals surface area contributed by atoms with Gasteiger partial charge in [0, 0.05) is 12.0 Å². The summed E-state index contributed by atoms with van der Waals surface area (Å²) in [6, 6.07) is 14.1. The number of aliphatic carboxylic acids is 1. The smallest absolute Gasteiger partial charge is 0.309 e. The molecular formula is C21H20FNO3. The molecule has 0 spiro atoms. The summed E-state index contributed by atoms with van der Waals surface area (Å²) in [4.78, 5) is 15.6. The molecule has 1 N–H and O–H groups in total. The van der Waals surface area contributed by atoms with Crippen LogP contribution in [-0.4, -0.2) is 16.1 Å². The monoisotopic (exact) mass is 353 g/mol. The van der Waals surface area contributed by atoms with Crippen LogP contribution >= 0.6 is 0 Å². The Labute approximate surface area is 151 Å². The Bertz CT molecular complexity index is 896. The highest BCUT2D eigenvalue weighted by atomic mass is 19.1. The highest BCUT2D eigenvalue weighted by Gasteiger charge is 2.27. The first-order valence-electron chi connectivity index (χ1n) is 8.39. The molecule has 0 bridgehead atoms. The van der Waals surface area contributed by atoms with E-state index >= 15 is 0 Å². The van der Waals surface area contributed by atoms with Crippen molar-refractivity contribution in [1.29, 1.82) is 0 Å². The number of benzene rings is 2. The van der Waals surface area contributed by atoms with Gasteiger partial charge >= 0.3 is 5.97 Å². The summed E-state index contributed by atoms with van der Waals surface area (Å²) in [5.74, 6) is -0.566. The van der Waals surface area contributed by atoms with Crippen molar-refractivity contribution in [3.63, 3.8) is 0 Å². The van der Waals surface area contributed by atoms with E-state index in [0.717, 1.165) is 16.7 Å². The molecule has 134 valence electrons. The highest BCUT2D eigenvalue weighted by Crippen LogP contribution is 2.27. The Morgan fingerprint density at radius 3 is 2.15 bits per heavy atom. The Morgan fingerprint density at radius 1 is 1.04 bits per heavy atom. The SMILES string of the molecule is CC(C)(CCc1nc(-c2ccc(-c3ccc(F)cc3)cc2)co1)C(=O)O. The molecule has 0 aliphatic rings. The molecule has 0 amide bonds. The fourth-order valence-electron chi connectivity index (χ4n) is 2.56. The van der Waals surface area contributed by atoms with E-state index in [1.165, 1.54) is 12.1 Å². The number of rotatable bonds is 6. The van der Waals surface area contributed by atoms with Crippen LogP contribution < -0.4 is 0 Å². The van der Waals surface area contributed by atoms with E-state index < -0.39 is 11.4 Å². The zero-order valence-electron chi connectivity index (χ0n) is 14.7. The summed E-state index contributed by atoms with van der Waals surface area (Å²) in [5, 5.41) is 9.17. The maximum atomic E-state index is 13.0. The van der Waals surface area contributed by atoms with E-state index in [1.807, 2.05) is 24.3 Å². The van der Waals surface area contributed by atoms with Gasteiger partial charge in [0.1, 0.15) is 17.8 Å². The molecule has 0 atom stereocenters. The topological polar surface area (TPSA) is 63.3 Å². The minimum Gasteiger partial charge on any atom is -0.481 e. The van der Waals surface area contributed by atoms with Gasteiger partial charge in [-0.2, -0.15) is 0 Å². The van der Waals surface area contributed by atoms with Crippen molar-refractivity contribution in [3.05, 3.63) is 66.5 Å². The molecule has 0 saturated heterocycles. The van der Waals surface area contributed by atoms with Crippen molar-refractivity contribution in [2.24, 2.45) is 5.41 Å². The van der Waals surface area contributed by atoms with Crippen LogP contribution in [0.2, 0.25) is 0 Å². The van der Waals surface area contributed by atoms with Crippen molar-refractivity contribution >= 4 is 5.97 Å². The number of halogens is 1. The van der Waals surface area contributed by atoms with E-state index in [1.54, 1.807) is 32.2 Å². The zero-order valence-corrected chi connectivity index (χ0v) is 14.7. The Morgan fingerprint density at radius 2 is 1.58 bits per heavy atom. The van der Waals surface area contributed by atoms with Crippen molar-refractivity contribution < 1.29 is 18.7 Å². The molecule has 0 saturated carbocycles. The van der Waals surface area contributed by atoms with Gasteiger partial charge in [-0.15, -0.1) is 0 Å². The molecular weight excluding hydrogens is 333 g/mol. The van der Waals surface area contributed by atoms with E-state index in [2.05, 4.69) is 4.98 Å². The van der Waals surface area contributed by atoms with Gasteiger partial charge in [0.05, 0.1) is 5.41 Å². The molecule has 1 heterocycles. The summed E-state index contributed by atoms with van der Waals surface area (Å²) in [6.45, 7) is 3.38. The van der Waals surface area contributed by atoms with Crippen LogP contribution in [0.4, 0.5) is 4.39 Å². The second-order valence-corrected chi connectivity index (χ2v) is 6.90. The fourth-order valence-corrected chi connectivity index (χ4v) is 2.56. The molecule has 1 aromatic heterocycles. The minimum absolute atomic E-state index is 0.258. The lowest BCUT2D eigenvalue weighted by Gasteiger charge is -2.17. The van der Waals surface area contributed by atoms with Crippen LogP contribution in [0.15, 0.2) is 59.2 Å². The summed E-state index contributed by atoms with van der Waals surface area (Å²) in [5.41, 5.74) is 2.73. The number of aryl methyl sites for hydroxylation is 1. The van der Waals surface area contributed by atoms with Gasteiger partial charge in [-0.25, -0.2) is 9.37 Å². The lowest BCUT2D eigenvalue weighted by Crippen LogP contribution is -2.24. The molecule has 26 heavy (non-hydrogen) atoms. The molecule has 0 unspecified atom stereocenters. The molecule has 0 radical (unpaired) electrons. The average molecular weight is 353 g/mol. The fraction of sp³-hybridized carbons (Fsp3) is 0.238. The predicted octanol–water partition coefficient (Wildman–Crippen LogP) is 5.19. The predicted molar refractivity (Wildman–Crippen MR) is 97.1 cm³/mol. The molecule has 0 fully saturated rings. The summed E-state index contributed by atoms with van der Waals surface area (Å²) in [6.07, 6.45) is 2.49. The Kier molecular flexibility index (Phi) is 4.89. The van der Waals surface area contributed by atoms with Crippen LogP contribution in [0.25, 0.3) is 22.4 Å². The van der Waals surface area contributed by atoms with Crippen LogP contribution in [-0.2, 0) is 11.2 Å². The first-order valence-corrected chi connectivity index (χ1v) is 8.39. The lowest BCUT2D eigenvalue weighted by molar-refractivity contribution is -0.147. The summed E-state index contributed by atoms with van der Waals surface area (Å²) < 4.78 is 18.5. The average Bonchev–Trinajstić information content (AvgIpc) is 3.10. The number of oxazole rings is 1. The van der Waals surface area contributed by atoms with Crippen molar-refractivity contribution in [3.8, 4) is 22.4 Å². The molecule has 4 nitrogen and oxygen atoms in total. The molecule has 0 aliphatic heterocycles. The molecule has 0 aliphatic carbocycles. The van der Waals surface area contributed by atoms with Crippen LogP contribution in [0.3, 0.4) is 0 Å². The molecule has 3 aromatic rings.